The van der Waals surface area contributed by atoms with E-state index in [2.05, 4.69) is 6.58 Å². The van der Waals surface area contributed by atoms with Crippen molar-refractivity contribution in [3.63, 3.8) is 0 Å². The van der Waals surface area contributed by atoms with Crippen molar-refractivity contribution >= 4 is 22.5 Å². The number of halogens is 1. The van der Waals surface area contributed by atoms with E-state index in [4.69, 9.17) is 4.98 Å². The third-order valence-corrected chi connectivity index (χ3v) is 6.00. The average Bonchev–Trinajstić information content (AvgIpc) is 2.92. The molecule has 1 amide bonds. The maximum atomic E-state index is 14.5. The Morgan fingerprint density at radius 2 is 2.22 bits per heavy atom. The number of aryl methyl sites for hydroxylation is 1. The van der Waals surface area contributed by atoms with Crippen molar-refractivity contribution in [3.05, 3.63) is 46.4 Å². The van der Waals surface area contributed by atoms with E-state index in [-0.39, 0.29) is 30.9 Å². The molecule has 0 radical (unpaired) electrons. The summed E-state index contributed by atoms with van der Waals surface area (Å²) in [6.45, 7) is 8.33. The second-order valence-corrected chi connectivity index (χ2v) is 7.50. The molecule has 1 aromatic carbocycles. The van der Waals surface area contributed by atoms with Crippen LogP contribution in [0.2, 0.25) is 0 Å². The number of aromatic nitrogens is 1. The lowest BCUT2D eigenvalue weighted by atomic mass is 9.81. The van der Waals surface area contributed by atoms with Crippen LogP contribution in [0.25, 0.3) is 16.6 Å². The Bertz CT molecular complexity index is 986. The number of rotatable bonds is 3. The van der Waals surface area contributed by atoms with Crippen LogP contribution < -0.4 is 0 Å². The highest BCUT2D eigenvalue weighted by Gasteiger charge is 2.36. The first-order valence-corrected chi connectivity index (χ1v) is 9.28. The van der Waals surface area contributed by atoms with Gasteiger partial charge in [-0.2, -0.15) is 0 Å². The molecule has 4 rings (SSSR count). The molecule has 1 N–H and O–H groups in total. The van der Waals surface area contributed by atoms with Crippen LogP contribution in [0.5, 0.6) is 0 Å². The fourth-order valence-corrected chi connectivity index (χ4v) is 4.61. The number of benzene rings is 1. The largest absolute Gasteiger partial charge is 0.395 e. The third kappa shape index (κ3) is 2.54. The first-order chi connectivity index (χ1) is 12.8. The molecule has 27 heavy (non-hydrogen) atoms. The van der Waals surface area contributed by atoms with Gasteiger partial charge in [-0.15, -0.1) is 0 Å². The summed E-state index contributed by atoms with van der Waals surface area (Å²) in [7, 11) is 1.96. The molecule has 0 saturated heterocycles. The molecule has 1 aromatic heterocycles. The molecule has 0 saturated carbocycles. The minimum absolute atomic E-state index is 0.0692. The molecule has 0 bridgehead atoms. The summed E-state index contributed by atoms with van der Waals surface area (Å²) in [5.41, 5.74) is 5.98. The Labute approximate surface area is 158 Å². The minimum Gasteiger partial charge on any atom is -0.395 e. The molecule has 0 fully saturated rings. The number of carbonyl (C=O) groups is 1. The number of aliphatic hydroxyl groups is 1. The van der Waals surface area contributed by atoms with E-state index >= 15 is 0 Å². The quantitative estimate of drug-likeness (QED) is 0.904. The molecule has 2 heterocycles. The van der Waals surface area contributed by atoms with Gasteiger partial charge in [0.05, 0.1) is 29.6 Å². The highest BCUT2D eigenvalue weighted by molar-refractivity contribution is 5.92. The van der Waals surface area contributed by atoms with Gasteiger partial charge in [0, 0.05) is 44.1 Å². The summed E-state index contributed by atoms with van der Waals surface area (Å²) in [4.78, 5) is 20.8. The smallest absolute Gasteiger partial charge is 0.220 e. The molecule has 5 nitrogen and oxygen atoms in total. The maximum absolute atomic E-state index is 14.5. The van der Waals surface area contributed by atoms with Gasteiger partial charge in [0.25, 0.3) is 0 Å². The van der Waals surface area contributed by atoms with E-state index in [0.29, 0.717) is 30.5 Å². The van der Waals surface area contributed by atoms with Gasteiger partial charge < -0.3 is 14.9 Å². The summed E-state index contributed by atoms with van der Waals surface area (Å²) in [6.07, 6.45) is 1.39. The first-order valence-electron chi connectivity index (χ1n) is 9.28. The molecule has 2 aliphatic rings. The van der Waals surface area contributed by atoms with Gasteiger partial charge in [0.15, 0.2) is 0 Å². The van der Waals surface area contributed by atoms with Gasteiger partial charge in [-0.1, -0.05) is 6.58 Å². The topological polar surface area (TPSA) is 56.7 Å². The average molecular weight is 369 g/mol. The maximum Gasteiger partial charge on any atom is 0.220 e. The fourth-order valence-electron chi connectivity index (χ4n) is 4.61. The number of hydrogen-bond acceptors (Lipinski definition) is 4. The summed E-state index contributed by atoms with van der Waals surface area (Å²) < 4.78 is 14.5. The van der Waals surface area contributed by atoms with Crippen molar-refractivity contribution in [1.82, 2.24) is 14.8 Å². The van der Waals surface area contributed by atoms with Crippen LogP contribution in [-0.2, 0) is 17.8 Å². The predicted octanol–water partition coefficient (Wildman–Crippen LogP) is 2.93. The Balaban J connectivity index is 2.06. The lowest BCUT2D eigenvalue weighted by Crippen LogP contribution is -2.37. The van der Waals surface area contributed by atoms with Gasteiger partial charge in [-0.05, 0) is 36.5 Å². The fraction of sp³-hybridized carbons (Fsp3) is 0.429. The van der Waals surface area contributed by atoms with Crippen molar-refractivity contribution in [2.75, 3.05) is 20.2 Å². The highest BCUT2D eigenvalue weighted by Crippen LogP contribution is 2.46. The van der Waals surface area contributed by atoms with E-state index in [1.807, 2.05) is 18.9 Å². The molecule has 1 unspecified atom stereocenters. The zero-order valence-corrected chi connectivity index (χ0v) is 16.0. The molecule has 0 spiro atoms. The Morgan fingerprint density at radius 3 is 2.89 bits per heavy atom. The SMILES string of the molecule is C=C1c2nc3cc(F)c(C)c4c3c(c2CN1C)C(N(CCO)C(C)=O)CC4. The normalized spacial score (nSPS) is 18.2. The molecule has 1 aliphatic carbocycles. The second-order valence-electron chi connectivity index (χ2n) is 7.50. The molecule has 6 heteroatoms. The van der Waals surface area contributed by atoms with Crippen molar-refractivity contribution in [2.24, 2.45) is 0 Å². The van der Waals surface area contributed by atoms with Gasteiger partial charge in [-0.25, -0.2) is 9.37 Å². The molecule has 142 valence electrons. The summed E-state index contributed by atoms with van der Waals surface area (Å²) in [5, 5.41) is 10.5. The minimum atomic E-state index is -0.245. The van der Waals surface area contributed by atoms with E-state index in [1.165, 1.54) is 13.0 Å². The predicted molar refractivity (Wildman–Crippen MR) is 102 cm³/mol. The number of carbonyl (C=O) groups excluding carboxylic acids is 1. The zero-order valence-electron chi connectivity index (χ0n) is 16.0. The van der Waals surface area contributed by atoms with E-state index < -0.39 is 0 Å². The van der Waals surface area contributed by atoms with Crippen LogP contribution in [0.3, 0.4) is 0 Å². The molecule has 2 aromatic rings. The van der Waals surface area contributed by atoms with Crippen molar-refractivity contribution in [3.8, 4) is 0 Å². The number of nitrogens with zero attached hydrogens (tertiary/aromatic N) is 3. The number of amides is 1. The van der Waals surface area contributed by atoms with Crippen molar-refractivity contribution < 1.29 is 14.3 Å². The van der Waals surface area contributed by atoms with E-state index in [9.17, 15) is 14.3 Å². The lowest BCUT2D eigenvalue weighted by Gasteiger charge is -2.36. The zero-order chi connectivity index (χ0) is 19.5. The third-order valence-electron chi connectivity index (χ3n) is 6.00. The summed E-state index contributed by atoms with van der Waals surface area (Å²) in [6, 6.07) is 1.35. The van der Waals surface area contributed by atoms with E-state index in [0.717, 1.165) is 33.5 Å². The summed E-state index contributed by atoms with van der Waals surface area (Å²) >= 11 is 0. The van der Waals surface area contributed by atoms with Crippen LogP contribution >= 0.6 is 0 Å². The number of aliphatic hydroxyl groups excluding tert-OH is 1. The Kier molecular flexibility index (Phi) is 4.18. The van der Waals surface area contributed by atoms with Gasteiger partial charge in [-0.3, -0.25) is 4.79 Å². The number of hydrogen-bond donors (Lipinski definition) is 1. The van der Waals surface area contributed by atoms with Crippen LogP contribution in [-0.4, -0.2) is 46.0 Å². The number of fused-ring (bicyclic) bond motifs is 2. The second kappa shape index (κ2) is 6.30. The van der Waals surface area contributed by atoms with Crippen molar-refractivity contribution in [2.45, 2.75) is 39.3 Å². The molecular weight excluding hydrogens is 345 g/mol. The highest BCUT2D eigenvalue weighted by atomic mass is 19.1. The molecule has 1 atom stereocenters. The standard InChI is InChI=1S/C21H24FN3O2/c1-11-14-5-6-18(25(7-8-26)13(3)27)20-15-10-24(4)12(2)21(15)23-17(19(14)20)9-16(11)22/h9,18,26H,2,5-8,10H2,1,3-4H3. The number of pyridine rings is 1. The molecule has 1 aliphatic heterocycles. The van der Waals surface area contributed by atoms with Gasteiger partial charge in [0.2, 0.25) is 5.91 Å². The first kappa shape index (κ1) is 17.9. The van der Waals surface area contributed by atoms with Crippen molar-refractivity contribution in [1.29, 1.82) is 0 Å². The van der Waals surface area contributed by atoms with Gasteiger partial charge in [0.1, 0.15) is 5.82 Å². The van der Waals surface area contributed by atoms with Crippen LogP contribution in [0, 0.1) is 12.7 Å². The van der Waals surface area contributed by atoms with Crippen LogP contribution in [0.4, 0.5) is 4.39 Å². The van der Waals surface area contributed by atoms with Crippen LogP contribution in [0.15, 0.2) is 12.6 Å². The monoisotopic (exact) mass is 369 g/mol. The van der Waals surface area contributed by atoms with Crippen LogP contribution in [0.1, 0.15) is 47.3 Å². The summed E-state index contributed by atoms with van der Waals surface area (Å²) in [5.74, 6) is -0.315. The Hall–Kier alpha value is -2.47. The van der Waals surface area contributed by atoms with Gasteiger partial charge >= 0.3 is 0 Å². The Morgan fingerprint density at radius 1 is 1.48 bits per heavy atom. The molecular formula is C21H24FN3O2. The lowest BCUT2D eigenvalue weighted by molar-refractivity contribution is -0.132. The van der Waals surface area contributed by atoms with E-state index in [1.54, 1.807) is 4.90 Å².